The lowest BCUT2D eigenvalue weighted by atomic mass is 10.1. The number of ether oxygens (including phenoxy) is 1. The number of ketones is 1. The number of hydrogen-bond acceptors (Lipinski definition) is 4. The van der Waals surface area contributed by atoms with Crippen molar-refractivity contribution in [1.82, 2.24) is 0 Å². The molecule has 0 aliphatic carbocycles. The van der Waals surface area contributed by atoms with E-state index < -0.39 is 11.9 Å². The summed E-state index contributed by atoms with van der Waals surface area (Å²) in [6.07, 6.45) is 7.74. The molecule has 0 fully saturated rings. The Balaban J connectivity index is 3.42. The third-order valence-electron chi connectivity index (χ3n) is 2.61. The van der Waals surface area contributed by atoms with Gasteiger partial charge in [-0.1, -0.05) is 45.4 Å². The van der Waals surface area contributed by atoms with E-state index in [1.165, 1.54) is 32.6 Å². The van der Waals surface area contributed by atoms with Crippen molar-refractivity contribution < 1.29 is 19.1 Å². The third-order valence-corrected chi connectivity index (χ3v) is 2.61. The fourth-order valence-corrected chi connectivity index (χ4v) is 1.64. The zero-order valence-electron chi connectivity index (χ0n) is 11.5. The van der Waals surface area contributed by atoms with Gasteiger partial charge in [-0.3, -0.25) is 14.4 Å². The topological polar surface area (TPSA) is 60.4 Å². The first kappa shape index (κ1) is 16.8. The highest BCUT2D eigenvalue weighted by molar-refractivity contribution is 5.98. The van der Waals surface area contributed by atoms with Crippen LogP contribution in [0, 0.1) is 0 Å². The summed E-state index contributed by atoms with van der Waals surface area (Å²) >= 11 is 0. The van der Waals surface area contributed by atoms with Crippen molar-refractivity contribution in [2.75, 3.05) is 0 Å². The van der Waals surface area contributed by atoms with Gasteiger partial charge in [-0.25, -0.2) is 0 Å². The Morgan fingerprint density at radius 1 is 0.833 bits per heavy atom. The zero-order chi connectivity index (χ0) is 13.8. The molecule has 0 bridgehead atoms. The lowest BCUT2D eigenvalue weighted by Crippen LogP contribution is -2.14. The summed E-state index contributed by atoms with van der Waals surface area (Å²) in [6, 6.07) is 0. The fraction of sp³-hybridized carbons (Fsp3) is 0.786. The molecule has 4 nitrogen and oxygen atoms in total. The summed E-state index contributed by atoms with van der Waals surface area (Å²) in [5, 5.41) is 0. The van der Waals surface area contributed by atoms with Gasteiger partial charge in [-0.2, -0.15) is 0 Å². The van der Waals surface area contributed by atoms with E-state index in [-0.39, 0.29) is 18.6 Å². The van der Waals surface area contributed by atoms with Gasteiger partial charge in [0.2, 0.25) is 0 Å². The Labute approximate surface area is 109 Å². The molecule has 18 heavy (non-hydrogen) atoms. The molecular weight excluding hydrogens is 232 g/mol. The van der Waals surface area contributed by atoms with Crippen LogP contribution in [-0.4, -0.2) is 17.7 Å². The molecule has 4 heteroatoms. The Kier molecular flexibility index (Phi) is 10.2. The van der Waals surface area contributed by atoms with Gasteiger partial charge in [0.05, 0.1) is 0 Å². The molecule has 0 heterocycles. The summed E-state index contributed by atoms with van der Waals surface area (Å²) in [4.78, 5) is 32.8. The number of carbonyl (C=O) groups excluding carboxylic acids is 3. The molecule has 0 N–H and O–H groups in total. The molecule has 0 rings (SSSR count). The molecule has 0 saturated carbocycles. The van der Waals surface area contributed by atoms with Gasteiger partial charge in [0.1, 0.15) is 12.2 Å². The van der Waals surface area contributed by atoms with Crippen LogP contribution in [0.2, 0.25) is 0 Å². The zero-order valence-corrected chi connectivity index (χ0v) is 11.5. The number of Topliss-reactive ketones (excluding diaryl/α,β-unsaturated/α-hetero) is 1. The number of rotatable bonds is 10. The average molecular weight is 256 g/mol. The van der Waals surface area contributed by atoms with Crippen molar-refractivity contribution in [1.29, 1.82) is 0 Å². The van der Waals surface area contributed by atoms with Crippen LogP contribution in [-0.2, 0) is 19.1 Å². The van der Waals surface area contributed by atoms with Crippen molar-refractivity contribution >= 4 is 17.7 Å². The highest BCUT2D eigenvalue weighted by Crippen LogP contribution is 2.08. The van der Waals surface area contributed by atoms with Crippen molar-refractivity contribution in [3.05, 3.63) is 0 Å². The first-order valence-electron chi connectivity index (χ1n) is 6.79. The predicted molar refractivity (Wildman–Crippen MR) is 69.0 cm³/mol. The molecule has 0 unspecified atom stereocenters. The molecule has 0 radical (unpaired) electrons. The smallest absolute Gasteiger partial charge is 0.320 e. The van der Waals surface area contributed by atoms with Crippen molar-refractivity contribution in [2.24, 2.45) is 0 Å². The lowest BCUT2D eigenvalue weighted by molar-refractivity contribution is -0.160. The van der Waals surface area contributed by atoms with Gasteiger partial charge in [0.15, 0.2) is 0 Å². The van der Waals surface area contributed by atoms with Crippen molar-refractivity contribution in [3.63, 3.8) is 0 Å². The van der Waals surface area contributed by atoms with Gasteiger partial charge in [0.25, 0.3) is 0 Å². The second-order valence-corrected chi connectivity index (χ2v) is 4.60. The van der Waals surface area contributed by atoms with E-state index in [0.717, 1.165) is 19.3 Å². The Morgan fingerprint density at radius 3 is 1.94 bits per heavy atom. The largest absolute Gasteiger partial charge is 0.393 e. The normalized spacial score (nSPS) is 10.1. The Hall–Kier alpha value is -1.19. The predicted octanol–water partition coefficient (Wildman–Crippen LogP) is 3.18. The number of unbranched alkanes of at least 4 members (excludes halogenated alkanes) is 6. The van der Waals surface area contributed by atoms with E-state index in [4.69, 9.17) is 0 Å². The molecule has 0 atom stereocenters. The minimum absolute atomic E-state index is 0.261. The standard InChI is InChI=1S/C14H24O4/c1-3-4-5-6-7-8-9-10-13(16)18-14(17)11-12(2)15/h3-11H2,1-2H3. The summed E-state index contributed by atoms with van der Waals surface area (Å²) < 4.78 is 4.51. The first-order chi connectivity index (χ1) is 8.56. The second kappa shape index (κ2) is 10.9. The average Bonchev–Trinajstić information content (AvgIpc) is 2.26. The maximum absolute atomic E-state index is 11.2. The van der Waals surface area contributed by atoms with E-state index in [1.807, 2.05) is 0 Å². The van der Waals surface area contributed by atoms with Crippen LogP contribution in [0.1, 0.15) is 71.6 Å². The van der Waals surface area contributed by atoms with E-state index in [9.17, 15) is 14.4 Å². The van der Waals surface area contributed by atoms with E-state index >= 15 is 0 Å². The van der Waals surface area contributed by atoms with Gasteiger partial charge >= 0.3 is 11.9 Å². The van der Waals surface area contributed by atoms with Crippen LogP contribution in [0.5, 0.6) is 0 Å². The minimum atomic E-state index is -0.740. The molecule has 0 aromatic heterocycles. The van der Waals surface area contributed by atoms with Crippen LogP contribution in [0.15, 0.2) is 0 Å². The van der Waals surface area contributed by atoms with Crippen LogP contribution in [0.25, 0.3) is 0 Å². The SMILES string of the molecule is CCCCCCCCCC(=O)OC(=O)CC(C)=O. The van der Waals surface area contributed by atoms with Gasteiger partial charge in [-0.15, -0.1) is 0 Å². The monoisotopic (exact) mass is 256 g/mol. The Morgan fingerprint density at radius 2 is 1.39 bits per heavy atom. The molecule has 0 spiro atoms. The summed E-state index contributed by atoms with van der Waals surface area (Å²) in [7, 11) is 0. The van der Waals surface area contributed by atoms with E-state index in [0.29, 0.717) is 0 Å². The van der Waals surface area contributed by atoms with Crippen LogP contribution < -0.4 is 0 Å². The maximum atomic E-state index is 11.2. The van der Waals surface area contributed by atoms with Crippen molar-refractivity contribution in [2.45, 2.75) is 71.6 Å². The van der Waals surface area contributed by atoms with Crippen LogP contribution >= 0.6 is 0 Å². The molecule has 0 aromatic rings. The molecule has 104 valence electrons. The van der Waals surface area contributed by atoms with E-state index in [2.05, 4.69) is 11.7 Å². The van der Waals surface area contributed by atoms with Gasteiger partial charge < -0.3 is 4.74 Å². The highest BCUT2D eigenvalue weighted by atomic mass is 16.6. The summed E-state index contributed by atoms with van der Waals surface area (Å²) in [5.74, 6) is -1.55. The number of carbonyl (C=O) groups is 3. The van der Waals surface area contributed by atoms with E-state index in [1.54, 1.807) is 0 Å². The molecule has 0 aliphatic heterocycles. The van der Waals surface area contributed by atoms with Crippen LogP contribution in [0.4, 0.5) is 0 Å². The molecular formula is C14H24O4. The third kappa shape index (κ3) is 11.3. The minimum Gasteiger partial charge on any atom is -0.393 e. The number of hydrogen-bond donors (Lipinski definition) is 0. The lowest BCUT2D eigenvalue weighted by Gasteiger charge is -2.02. The highest BCUT2D eigenvalue weighted by Gasteiger charge is 2.11. The quantitative estimate of drug-likeness (QED) is 0.342. The molecule has 0 amide bonds. The molecule has 0 aromatic carbocycles. The number of esters is 2. The van der Waals surface area contributed by atoms with Gasteiger partial charge in [-0.05, 0) is 13.3 Å². The molecule has 0 saturated heterocycles. The Bertz CT molecular complexity index is 271. The summed E-state index contributed by atoms with van der Waals surface area (Å²) in [6.45, 7) is 3.47. The first-order valence-corrected chi connectivity index (χ1v) is 6.79. The second-order valence-electron chi connectivity index (χ2n) is 4.60. The summed E-state index contributed by atoms with van der Waals surface area (Å²) in [5.41, 5.74) is 0. The fourth-order valence-electron chi connectivity index (χ4n) is 1.64. The van der Waals surface area contributed by atoms with Crippen molar-refractivity contribution in [3.8, 4) is 0 Å². The maximum Gasteiger partial charge on any atom is 0.320 e. The van der Waals surface area contributed by atoms with Crippen LogP contribution in [0.3, 0.4) is 0 Å². The molecule has 0 aliphatic rings. The van der Waals surface area contributed by atoms with Gasteiger partial charge in [0, 0.05) is 6.42 Å².